The number of ether oxygens (including phenoxy) is 2. The minimum absolute atomic E-state index is 0.0408. The third kappa shape index (κ3) is 7.40. The lowest BCUT2D eigenvalue weighted by Gasteiger charge is -2.26. The third-order valence-corrected chi connectivity index (χ3v) is 17.9. The van der Waals surface area contributed by atoms with Gasteiger partial charge in [0, 0.05) is 76.0 Å². The first-order chi connectivity index (χ1) is 41.2. The van der Waals surface area contributed by atoms with E-state index in [1.165, 1.54) is 26.9 Å². The monoisotopic (exact) mass is 1100 g/mol. The summed E-state index contributed by atoms with van der Waals surface area (Å²) in [7, 11) is 0. The minimum atomic E-state index is -0.0408. The minimum Gasteiger partial charge on any atom is -0.457 e. The Morgan fingerprint density at radius 1 is 0.506 bits per heavy atom. The van der Waals surface area contributed by atoms with E-state index in [2.05, 4.69) is 199 Å². The van der Waals surface area contributed by atoms with Crippen LogP contribution in [0.4, 0.5) is 5.69 Å². The van der Waals surface area contributed by atoms with Crippen LogP contribution in [0, 0.1) is 34.6 Å². The van der Waals surface area contributed by atoms with Gasteiger partial charge in [0.05, 0.1) is 16.7 Å². The van der Waals surface area contributed by atoms with Crippen molar-refractivity contribution in [2.24, 2.45) is 4.99 Å². The van der Waals surface area contributed by atoms with E-state index in [4.69, 9.17) is 26.0 Å². The molecular formula is C79H61N3O3. The van der Waals surface area contributed by atoms with Crippen LogP contribution in [0.3, 0.4) is 0 Å². The summed E-state index contributed by atoms with van der Waals surface area (Å²) in [6, 6.07) is 53.7. The van der Waals surface area contributed by atoms with Crippen LogP contribution in [0.2, 0.25) is 0 Å². The Hall–Kier alpha value is -10.2. The average Bonchev–Trinajstić information content (AvgIpc) is 1.60. The Kier molecular flexibility index (Phi) is 11.5. The summed E-state index contributed by atoms with van der Waals surface area (Å²) in [6.07, 6.45) is 4.25. The number of pyridine rings is 1. The zero-order valence-corrected chi connectivity index (χ0v) is 49.6. The Morgan fingerprint density at radius 2 is 1.09 bits per heavy atom. The Labute approximate surface area is 491 Å². The van der Waals surface area contributed by atoms with Gasteiger partial charge in [-0.05, 0) is 197 Å². The van der Waals surface area contributed by atoms with E-state index >= 15 is 0 Å². The molecule has 2 aromatic heterocycles. The normalized spacial score (nSPS) is 12.5. The molecule has 0 aliphatic carbocycles. The zero-order chi connectivity index (χ0) is 58.6. The molecule has 0 fully saturated rings. The van der Waals surface area contributed by atoms with Crippen molar-refractivity contribution in [2.75, 3.05) is 0 Å². The van der Waals surface area contributed by atoms with Crippen LogP contribution in [0.15, 0.2) is 163 Å². The molecule has 0 amide bonds. The van der Waals surface area contributed by atoms with Crippen LogP contribution in [-0.4, -0.2) is 20.9 Å². The summed E-state index contributed by atoms with van der Waals surface area (Å²) in [4.78, 5) is 25.9. The summed E-state index contributed by atoms with van der Waals surface area (Å²) in [5.74, 6) is 2.58. The number of benzene rings is 14. The number of aromatic nitrogens is 2. The number of hydrogen-bond acceptors (Lipinski definition) is 5. The maximum absolute atomic E-state index is 14.6. The SMILES string of the molecule is C=c1ccc2cc3nc4c5cc(Oc6ccc(C)cc6)c6c7c(Oc8ccc(C)cc8)cc(C(C)=Nc8c(C)cc9ccc%10cccc%11ccc8c9c%10%11)c8c(C(C)=O)cc(C)c(c9c(C)cc(c(=C)n4c3c3ccc(/C=C\C)c1c23)c5c96)c87.CC. The number of imidazole rings is 1. The average molecular weight is 1100 g/mol. The number of rotatable bonds is 8. The van der Waals surface area contributed by atoms with Gasteiger partial charge in [-0.3, -0.25) is 14.2 Å². The predicted molar refractivity (Wildman–Crippen MR) is 363 cm³/mol. The number of fused-ring (bicyclic) bond motifs is 7. The highest BCUT2D eigenvalue weighted by Gasteiger charge is 2.31. The molecule has 0 aliphatic heterocycles. The molecule has 16 aromatic rings. The second kappa shape index (κ2) is 18.9. The molecule has 0 bridgehead atoms. The van der Waals surface area contributed by atoms with E-state index in [0.29, 0.717) is 28.6 Å². The molecule has 6 nitrogen and oxygen atoms in total. The Bertz CT molecular complexity index is 5730. The number of ketones is 1. The van der Waals surface area contributed by atoms with Gasteiger partial charge < -0.3 is 9.47 Å². The van der Waals surface area contributed by atoms with Gasteiger partial charge in [0.1, 0.15) is 28.6 Å². The molecule has 0 aliphatic rings. The third-order valence-electron chi connectivity index (χ3n) is 17.9. The molecule has 0 saturated carbocycles. The van der Waals surface area contributed by atoms with Gasteiger partial charge in [-0.15, -0.1) is 0 Å². The molecule has 0 atom stereocenters. The first-order valence-electron chi connectivity index (χ1n) is 29.5. The molecule has 14 aromatic carbocycles. The fourth-order valence-corrected chi connectivity index (χ4v) is 14.3. The van der Waals surface area contributed by atoms with Crippen molar-refractivity contribution in [2.45, 2.75) is 69.2 Å². The van der Waals surface area contributed by atoms with Gasteiger partial charge in [-0.1, -0.05) is 141 Å². The van der Waals surface area contributed by atoms with Gasteiger partial charge in [0.15, 0.2) is 5.78 Å². The van der Waals surface area contributed by atoms with Crippen LogP contribution in [0.1, 0.15) is 83.9 Å². The number of carbonyl (C=O) groups excluding carboxylic acids is 1. The first kappa shape index (κ1) is 51.7. The molecule has 0 saturated heterocycles. The van der Waals surface area contributed by atoms with E-state index in [0.717, 1.165) is 158 Å². The van der Waals surface area contributed by atoms with Crippen LogP contribution in [-0.2, 0) is 0 Å². The highest BCUT2D eigenvalue weighted by Crippen LogP contribution is 2.55. The maximum Gasteiger partial charge on any atom is 0.160 e. The van der Waals surface area contributed by atoms with E-state index in [9.17, 15) is 4.79 Å². The van der Waals surface area contributed by atoms with Gasteiger partial charge in [-0.25, -0.2) is 4.98 Å². The summed E-state index contributed by atoms with van der Waals surface area (Å²) in [5, 5.41) is 22.9. The largest absolute Gasteiger partial charge is 0.457 e. The van der Waals surface area contributed by atoms with Crippen molar-refractivity contribution in [3.8, 4) is 23.0 Å². The quantitative estimate of drug-likeness (QED) is 0.0658. The molecule has 0 radical (unpaired) electrons. The van der Waals surface area contributed by atoms with Crippen molar-refractivity contribution in [3.05, 3.63) is 213 Å². The Morgan fingerprint density at radius 3 is 1.76 bits per heavy atom. The van der Waals surface area contributed by atoms with Crippen molar-refractivity contribution < 1.29 is 14.3 Å². The van der Waals surface area contributed by atoms with Crippen LogP contribution >= 0.6 is 0 Å². The van der Waals surface area contributed by atoms with E-state index < -0.39 is 0 Å². The smallest absolute Gasteiger partial charge is 0.160 e. The standard InChI is InChI=1S/C77H55N3O3.C2H6/c1-11-13-47-25-31-55-68-51(21-20-40(4)63(47)68)35-60-76(55)80-45(9)57-33-41(5)64-65-42(6)34-58(46(10)81)69-56(44(8)78-75-43(7)32-50-23-22-48-14-12-15-49-24-30-54(75)67(50)66(48)49)36-61(82-52-26-16-38(2)17-27-52)71(73(65)69)72-62(83-53-28-18-39(3)19-29-53)37-59(77(80)79-60)70(57)74(64)72;1-2/h11-37H,4,9H2,1-3,5-8,10H3;1-2H3/b13-11-,78-44?;. The number of Topliss-reactive ketones (excluding diaryl/α,β-unsaturated/α-hetero) is 1. The molecule has 0 N–H and O–H groups in total. The number of allylic oxidation sites excluding steroid dienone is 1. The fourth-order valence-electron chi connectivity index (χ4n) is 14.3. The second-order valence-electron chi connectivity index (χ2n) is 23.2. The van der Waals surface area contributed by atoms with Gasteiger partial charge in [0.2, 0.25) is 0 Å². The highest BCUT2D eigenvalue weighted by atomic mass is 16.5. The number of hydrogen-bond donors (Lipinski definition) is 0. The van der Waals surface area contributed by atoms with Crippen molar-refractivity contribution >= 4 is 161 Å². The van der Waals surface area contributed by atoms with Crippen molar-refractivity contribution in [3.63, 3.8) is 0 Å². The molecule has 2 heterocycles. The molecule has 0 unspecified atom stereocenters. The second-order valence-corrected chi connectivity index (χ2v) is 23.2. The topological polar surface area (TPSA) is 65.2 Å². The summed E-state index contributed by atoms with van der Waals surface area (Å²) < 4.78 is 17.1. The van der Waals surface area contributed by atoms with Crippen LogP contribution in [0.5, 0.6) is 23.0 Å². The maximum atomic E-state index is 14.6. The lowest BCUT2D eigenvalue weighted by Crippen LogP contribution is -2.14. The summed E-state index contributed by atoms with van der Waals surface area (Å²) in [6.45, 7) is 30.0. The molecule has 16 rings (SSSR count). The van der Waals surface area contributed by atoms with Crippen molar-refractivity contribution in [1.82, 2.24) is 9.38 Å². The highest BCUT2D eigenvalue weighted by molar-refractivity contribution is 6.43. The lowest BCUT2D eigenvalue weighted by atomic mass is 9.80. The van der Waals surface area contributed by atoms with E-state index in [1.54, 1.807) is 6.92 Å². The van der Waals surface area contributed by atoms with E-state index in [-0.39, 0.29) is 5.78 Å². The number of aryl methyl sites for hydroxylation is 5. The Balaban J connectivity index is 0.00000303. The molecule has 85 heavy (non-hydrogen) atoms. The fraction of sp³-hybridized carbons (Fsp3) is 0.127. The first-order valence-corrected chi connectivity index (χ1v) is 29.5. The molecule has 410 valence electrons. The predicted octanol–water partition coefficient (Wildman–Crippen LogP) is 20.7. The summed E-state index contributed by atoms with van der Waals surface area (Å²) in [5.41, 5.74) is 12.2. The van der Waals surface area contributed by atoms with Crippen LogP contribution < -0.4 is 20.0 Å². The number of aliphatic imine (C=N–C) groups is 1. The lowest BCUT2D eigenvalue weighted by molar-refractivity contribution is 0.101. The van der Waals surface area contributed by atoms with Gasteiger partial charge in [-0.2, -0.15) is 0 Å². The van der Waals surface area contributed by atoms with Gasteiger partial charge in [0.25, 0.3) is 0 Å². The van der Waals surface area contributed by atoms with E-state index in [1.807, 2.05) is 38.1 Å². The zero-order valence-electron chi connectivity index (χ0n) is 49.6. The summed E-state index contributed by atoms with van der Waals surface area (Å²) >= 11 is 0. The number of nitrogens with zero attached hydrogens (tertiary/aromatic N) is 3. The molecule has 6 heteroatoms. The number of carbonyl (C=O) groups is 1. The van der Waals surface area contributed by atoms with Gasteiger partial charge >= 0.3 is 0 Å². The van der Waals surface area contributed by atoms with Crippen molar-refractivity contribution in [1.29, 1.82) is 0 Å². The van der Waals surface area contributed by atoms with Crippen LogP contribution in [0.25, 0.3) is 144 Å². The molecule has 0 spiro atoms. The molecular weight excluding hydrogens is 1040 g/mol.